The van der Waals surface area contributed by atoms with Gasteiger partial charge in [-0.2, -0.15) is 0 Å². The van der Waals surface area contributed by atoms with Gasteiger partial charge in [-0.25, -0.2) is 13.3 Å². The van der Waals surface area contributed by atoms with E-state index in [2.05, 4.69) is 5.32 Å². The third-order valence-electron chi connectivity index (χ3n) is 4.91. The van der Waals surface area contributed by atoms with Crippen molar-refractivity contribution in [2.24, 2.45) is 5.92 Å². The smallest absolute Gasteiger partial charge is 0.341 e. The van der Waals surface area contributed by atoms with Gasteiger partial charge in [0.1, 0.15) is 5.69 Å². The Bertz CT molecular complexity index is 912. The minimum absolute atomic E-state index is 0.187. The van der Waals surface area contributed by atoms with Crippen LogP contribution < -0.4 is 9.62 Å². The van der Waals surface area contributed by atoms with E-state index in [1.165, 1.54) is 51.6 Å². The molecule has 0 radical (unpaired) electrons. The van der Waals surface area contributed by atoms with Crippen LogP contribution >= 0.6 is 0 Å². The third-order valence-corrected chi connectivity index (χ3v) is 6.71. The van der Waals surface area contributed by atoms with Gasteiger partial charge in [-0.3, -0.25) is 4.31 Å². The lowest BCUT2D eigenvalue weighted by Crippen LogP contribution is -2.26. The van der Waals surface area contributed by atoms with Crippen LogP contribution in [0.25, 0.3) is 0 Å². The Morgan fingerprint density at radius 3 is 2.48 bits per heavy atom. The number of benzene rings is 2. The Balaban J connectivity index is 1.89. The molecule has 1 aliphatic carbocycles. The van der Waals surface area contributed by atoms with E-state index >= 15 is 0 Å². The molecule has 7 nitrogen and oxygen atoms in total. The van der Waals surface area contributed by atoms with Gasteiger partial charge in [-0.15, -0.1) is 0 Å². The first-order valence-electron chi connectivity index (χ1n) is 8.86. The second-order valence-electron chi connectivity index (χ2n) is 6.60. The fourth-order valence-electron chi connectivity index (χ4n) is 2.96. The van der Waals surface area contributed by atoms with E-state index in [-0.39, 0.29) is 10.6 Å². The van der Waals surface area contributed by atoms with Crippen molar-refractivity contribution in [1.29, 1.82) is 0 Å². The minimum Gasteiger partial charge on any atom is -0.379 e. The second kappa shape index (κ2) is 7.96. The Morgan fingerprint density at radius 2 is 1.89 bits per heavy atom. The molecule has 0 unspecified atom stereocenters. The van der Waals surface area contributed by atoms with Gasteiger partial charge in [-0.1, -0.05) is 24.6 Å². The molecule has 0 aromatic heterocycles. The molecule has 1 saturated carbocycles. The number of hydrogen-bond acceptors (Lipinski definition) is 5. The molecule has 0 spiro atoms. The second-order valence-corrected chi connectivity index (χ2v) is 8.57. The summed E-state index contributed by atoms with van der Waals surface area (Å²) in [4.78, 5) is 17.5. The zero-order valence-electron chi connectivity index (χ0n) is 15.5. The van der Waals surface area contributed by atoms with Crippen molar-refractivity contribution in [1.82, 2.24) is 0 Å². The molecule has 0 amide bonds. The van der Waals surface area contributed by atoms with Gasteiger partial charge in [-0.05, 0) is 43.0 Å². The van der Waals surface area contributed by atoms with E-state index in [1.54, 1.807) is 30.3 Å². The normalized spacial score (nSPS) is 14.3. The van der Waals surface area contributed by atoms with Crippen LogP contribution in [0.5, 0.6) is 0 Å². The van der Waals surface area contributed by atoms with Gasteiger partial charge < -0.3 is 5.32 Å². The van der Waals surface area contributed by atoms with Crippen molar-refractivity contribution >= 4 is 27.1 Å². The summed E-state index contributed by atoms with van der Waals surface area (Å²) in [7, 11) is -0.982. The molecule has 0 heterocycles. The van der Waals surface area contributed by atoms with Gasteiger partial charge >= 0.3 is 5.69 Å². The molecule has 2 aromatic rings. The lowest BCUT2D eigenvalue weighted by molar-refractivity contribution is -0.736. The molecule has 1 fully saturated rings. The molecule has 1 N–H and O–H groups in total. The van der Waals surface area contributed by atoms with Gasteiger partial charge in [0.25, 0.3) is 14.9 Å². The third kappa shape index (κ3) is 4.05. The van der Waals surface area contributed by atoms with E-state index in [0.29, 0.717) is 22.2 Å². The zero-order chi connectivity index (χ0) is 19.4. The van der Waals surface area contributed by atoms with Crippen LogP contribution in [-0.2, 0) is 14.9 Å². The summed E-state index contributed by atoms with van der Waals surface area (Å²) in [5, 5.41) is 3.28. The number of rotatable bonds is 8. The van der Waals surface area contributed by atoms with Crippen molar-refractivity contribution in [3.05, 3.63) is 53.4 Å². The summed E-state index contributed by atoms with van der Waals surface area (Å²) in [6.07, 6.45) is 3.61. The molecule has 3 rings (SSSR count). The van der Waals surface area contributed by atoms with Crippen molar-refractivity contribution in [3.63, 3.8) is 0 Å². The number of nitrogens with zero attached hydrogens (tertiary/aromatic N) is 2. The van der Waals surface area contributed by atoms with Crippen molar-refractivity contribution in [3.8, 4) is 0 Å². The SMILES string of the molecule is CO[N+](=O)c1cc(N(C)S(=O)(=O)c2ccccc2)ccc1NCC1CCC1. The van der Waals surface area contributed by atoms with E-state index < -0.39 is 10.0 Å². The standard InChI is InChI=1S/C19H24N3O4S/c1-21(27(24,25)17-9-4-3-5-10-17)16-11-12-18(19(13-16)22(23)26-2)20-14-15-7-6-8-15/h3-5,9-13,15,20H,6-8,14H2,1-2H3/q+1. The predicted octanol–water partition coefficient (Wildman–Crippen LogP) is 3.70. The average molecular weight is 390 g/mol. The summed E-state index contributed by atoms with van der Waals surface area (Å²) in [5.74, 6) is 0.612. The molecule has 0 saturated heterocycles. The highest BCUT2D eigenvalue weighted by atomic mass is 32.2. The topological polar surface area (TPSA) is 78.7 Å². The Hall–Kier alpha value is -2.61. The lowest BCUT2D eigenvalue weighted by Gasteiger charge is -2.26. The Kier molecular flexibility index (Phi) is 5.65. The van der Waals surface area contributed by atoms with Crippen molar-refractivity contribution in [2.45, 2.75) is 24.2 Å². The minimum atomic E-state index is -3.72. The maximum atomic E-state index is 12.8. The first-order chi connectivity index (χ1) is 12.9. The molecule has 0 aliphatic heterocycles. The van der Waals surface area contributed by atoms with Crippen molar-refractivity contribution in [2.75, 3.05) is 30.3 Å². The van der Waals surface area contributed by atoms with Crippen LogP contribution in [0.1, 0.15) is 19.3 Å². The van der Waals surface area contributed by atoms with Crippen LogP contribution in [0.4, 0.5) is 17.1 Å². The summed E-state index contributed by atoms with van der Waals surface area (Å²) < 4.78 is 26.8. The molecular formula is C19H24N3O4S+. The van der Waals surface area contributed by atoms with E-state index in [9.17, 15) is 13.3 Å². The summed E-state index contributed by atoms with van der Waals surface area (Å²) in [5.41, 5.74) is 1.23. The zero-order valence-corrected chi connectivity index (χ0v) is 16.3. The highest BCUT2D eigenvalue weighted by Gasteiger charge is 2.27. The maximum absolute atomic E-state index is 12.8. The molecule has 0 atom stereocenters. The van der Waals surface area contributed by atoms with Crippen LogP contribution in [-0.4, -0.2) is 34.0 Å². The molecule has 27 heavy (non-hydrogen) atoms. The number of nitrogens with one attached hydrogen (secondary N) is 1. The summed E-state index contributed by atoms with van der Waals surface area (Å²) in [6, 6.07) is 13.1. The van der Waals surface area contributed by atoms with Gasteiger partial charge in [0.2, 0.25) is 0 Å². The highest BCUT2D eigenvalue weighted by Crippen LogP contribution is 2.33. The number of hydrogen-bond donors (Lipinski definition) is 1. The first-order valence-corrected chi connectivity index (χ1v) is 10.3. The largest absolute Gasteiger partial charge is 0.379 e. The average Bonchev–Trinajstić information content (AvgIpc) is 2.66. The Labute approximate surface area is 159 Å². The summed E-state index contributed by atoms with van der Waals surface area (Å²) >= 11 is 0. The van der Waals surface area contributed by atoms with Gasteiger partial charge in [0.15, 0.2) is 7.11 Å². The lowest BCUT2D eigenvalue weighted by atomic mass is 9.85. The molecule has 0 bridgehead atoms. The van der Waals surface area contributed by atoms with Crippen molar-refractivity contribution < 1.29 is 18.2 Å². The maximum Gasteiger partial charge on any atom is 0.341 e. The van der Waals surface area contributed by atoms with E-state index in [0.717, 1.165) is 10.8 Å². The molecule has 8 heteroatoms. The van der Waals surface area contributed by atoms with Crippen LogP contribution in [0, 0.1) is 10.8 Å². The predicted molar refractivity (Wildman–Crippen MR) is 105 cm³/mol. The quantitative estimate of drug-likeness (QED) is 0.696. The van der Waals surface area contributed by atoms with Gasteiger partial charge in [0.05, 0.1) is 15.5 Å². The van der Waals surface area contributed by atoms with E-state index in [1.807, 2.05) is 0 Å². The van der Waals surface area contributed by atoms with Gasteiger partial charge in [0, 0.05) is 19.7 Å². The molecule has 2 aromatic carbocycles. The van der Waals surface area contributed by atoms with Crippen LogP contribution in [0.15, 0.2) is 53.4 Å². The molecule has 144 valence electrons. The number of anilines is 2. The molecule has 1 aliphatic rings. The van der Waals surface area contributed by atoms with Crippen LogP contribution in [0.2, 0.25) is 0 Å². The molecular weight excluding hydrogens is 366 g/mol. The summed E-state index contributed by atoms with van der Waals surface area (Å²) in [6.45, 7) is 0.780. The van der Waals surface area contributed by atoms with Crippen LogP contribution in [0.3, 0.4) is 0 Å². The Morgan fingerprint density at radius 1 is 1.19 bits per heavy atom. The van der Waals surface area contributed by atoms with E-state index in [4.69, 9.17) is 4.84 Å². The highest BCUT2D eigenvalue weighted by molar-refractivity contribution is 7.92. The number of sulfonamides is 1. The fraction of sp³-hybridized carbons (Fsp3) is 0.368. The fourth-order valence-corrected chi connectivity index (χ4v) is 4.16. The monoisotopic (exact) mass is 390 g/mol. The first kappa shape index (κ1) is 19.2.